The van der Waals surface area contributed by atoms with Gasteiger partial charge in [-0.05, 0) is 27.4 Å². The minimum absolute atomic E-state index is 0.825. The Hall–Kier alpha value is -0.460. The molecule has 2 heterocycles. The first-order chi connectivity index (χ1) is 6.75. The Morgan fingerprint density at radius 2 is 2.36 bits per heavy atom. The fraction of sp³-hybridized carbons (Fsp3) is 0.250. The number of anilines is 1. The van der Waals surface area contributed by atoms with Crippen LogP contribution in [-0.2, 0) is 6.54 Å². The van der Waals surface area contributed by atoms with Crippen LogP contribution in [0.25, 0.3) is 0 Å². The van der Waals surface area contributed by atoms with Crippen LogP contribution >= 0.6 is 38.6 Å². The van der Waals surface area contributed by atoms with Crippen molar-refractivity contribution in [2.45, 2.75) is 6.54 Å². The van der Waals surface area contributed by atoms with E-state index in [4.69, 9.17) is 0 Å². The number of thiophene rings is 1. The van der Waals surface area contributed by atoms with E-state index in [1.807, 2.05) is 7.05 Å². The predicted molar refractivity (Wildman–Crippen MR) is 64.0 cm³/mol. The van der Waals surface area contributed by atoms with Crippen LogP contribution in [-0.4, -0.2) is 17.2 Å². The molecular formula is C8H8BrN3S2. The van der Waals surface area contributed by atoms with Gasteiger partial charge in [0.1, 0.15) is 0 Å². The van der Waals surface area contributed by atoms with Gasteiger partial charge in [-0.25, -0.2) is 0 Å². The second kappa shape index (κ2) is 4.37. The number of nitrogens with zero attached hydrogens (tertiary/aromatic N) is 3. The first-order valence-electron chi connectivity index (χ1n) is 3.98. The van der Waals surface area contributed by atoms with Crippen LogP contribution in [0.1, 0.15) is 4.88 Å². The van der Waals surface area contributed by atoms with E-state index in [1.54, 1.807) is 22.7 Å². The lowest BCUT2D eigenvalue weighted by atomic mass is 10.4. The monoisotopic (exact) mass is 289 g/mol. The molecule has 0 bridgehead atoms. The summed E-state index contributed by atoms with van der Waals surface area (Å²) >= 11 is 6.60. The Bertz CT molecular complexity index is 398. The summed E-state index contributed by atoms with van der Waals surface area (Å²) in [6.07, 6.45) is 0. The molecule has 0 radical (unpaired) electrons. The summed E-state index contributed by atoms with van der Waals surface area (Å²) in [6, 6.07) is 4.18. The van der Waals surface area contributed by atoms with Gasteiger partial charge in [-0.3, -0.25) is 0 Å². The van der Waals surface area contributed by atoms with Gasteiger partial charge in [0.05, 0.1) is 6.54 Å². The van der Waals surface area contributed by atoms with Crippen LogP contribution in [0.2, 0.25) is 0 Å². The van der Waals surface area contributed by atoms with E-state index < -0.39 is 0 Å². The molecule has 2 rings (SSSR count). The van der Waals surface area contributed by atoms with Crippen LogP contribution in [0, 0.1) is 0 Å². The Balaban J connectivity index is 2.06. The maximum atomic E-state index is 4.05. The van der Waals surface area contributed by atoms with E-state index in [1.165, 1.54) is 4.88 Å². The first-order valence-corrected chi connectivity index (χ1v) is 6.47. The molecule has 0 unspecified atom stereocenters. The molecule has 6 heteroatoms. The summed E-state index contributed by atoms with van der Waals surface area (Å²) in [5, 5.41) is 11.0. The molecule has 0 spiro atoms. The zero-order valence-corrected chi connectivity index (χ0v) is 10.7. The molecule has 14 heavy (non-hydrogen) atoms. The van der Waals surface area contributed by atoms with Crippen LogP contribution < -0.4 is 4.90 Å². The molecule has 74 valence electrons. The van der Waals surface area contributed by atoms with Crippen molar-refractivity contribution in [3.8, 4) is 0 Å². The Labute approximate surface area is 98.5 Å². The van der Waals surface area contributed by atoms with E-state index in [0.717, 1.165) is 15.6 Å². The zero-order chi connectivity index (χ0) is 9.97. The molecule has 0 aliphatic rings. The molecule has 3 nitrogen and oxygen atoms in total. The predicted octanol–water partition coefficient (Wildman–Crippen LogP) is 3.00. The Kier molecular flexibility index (Phi) is 3.15. The lowest BCUT2D eigenvalue weighted by molar-refractivity contribution is 0.904. The molecule has 0 aliphatic heterocycles. The standard InChI is InChI=1S/C8H8BrN3S2/c1-12(5-6-3-2-4-13-6)8-11-10-7(9)14-8/h2-4H,5H2,1H3. The molecule has 0 aromatic carbocycles. The smallest absolute Gasteiger partial charge is 0.209 e. The second-order valence-corrected chi connectivity index (χ2v) is 6.04. The minimum Gasteiger partial charge on any atom is -0.345 e. The van der Waals surface area contributed by atoms with E-state index >= 15 is 0 Å². The van der Waals surface area contributed by atoms with Crippen molar-refractivity contribution in [2.75, 3.05) is 11.9 Å². The maximum Gasteiger partial charge on any atom is 0.209 e. The summed E-state index contributed by atoms with van der Waals surface area (Å²) < 4.78 is 0.825. The molecule has 2 aromatic rings. The third-order valence-corrected chi connectivity index (χ3v) is 4.02. The van der Waals surface area contributed by atoms with Crippen molar-refractivity contribution in [2.24, 2.45) is 0 Å². The highest BCUT2D eigenvalue weighted by Gasteiger charge is 2.07. The molecule has 2 aromatic heterocycles. The lowest BCUT2D eigenvalue weighted by Gasteiger charge is -2.12. The minimum atomic E-state index is 0.825. The van der Waals surface area contributed by atoms with Gasteiger partial charge < -0.3 is 4.90 Å². The average Bonchev–Trinajstić information content (AvgIpc) is 2.75. The summed E-state index contributed by atoms with van der Waals surface area (Å²) in [7, 11) is 2.02. The van der Waals surface area contributed by atoms with E-state index in [-0.39, 0.29) is 0 Å². The van der Waals surface area contributed by atoms with Gasteiger partial charge in [0.2, 0.25) is 5.13 Å². The van der Waals surface area contributed by atoms with E-state index in [2.05, 4.69) is 48.5 Å². The van der Waals surface area contributed by atoms with Crippen LogP contribution in [0.3, 0.4) is 0 Å². The molecule has 0 atom stereocenters. The molecule has 0 fully saturated rings. The number of halogens is 1. The number of hydrogen-bond acceptors (Lipinski definition) is 5. The van der Waals surface area contributed by atoms with Crippen molar-refractivity contribution in [3.05, 3.63) is 26.3 Å². The molecule has 0 saturated heterocycles. The van der Waals surface area contributed by atoms with Gasteiger partial charge >= 0.3 is 0 Å². The second-order valence-electron chi connectivity index (χ2n) is 2.77. The zero-order valence-electron chi connectivity index (χ0n) is 7.48. The first kappa shape index (κ1) is 10.1. The summed E-state index contributed by atoms with van der Waals surface area (Å²) in [6.45, 7) is 0.888. The van der Waals surface area contributed by atoms with Crippen molar-refractivity contribution < 1.29 is 0 Å². The van der Waals surface area contributed by atoms with Crippen molar-refractivity contribution in [3.63, 3.8) is 0 Å². The fourth-order valence-corrected chi connectivity index (χ4v) is 2.86. The molecular weight excluding hydrogens is 282 g/mol. The fourth-order valence-electron chi connectivity index (χ4n) is 1.06. The average molecular weight is 290 g/mol. The van der Waals surface area contributed by atoms with Gasteiger partial charge in [0.25, 0.3) is 0 Å². The summed E-state index contributed by atoms with van der Waals surface area (Å²) in [5.74, 6) is 0. The van der Waals surface area contributed by atoms with Gasteiger partial charge in [0, 0.05) is 11.9 Å². The topological polar surface area (TPSA) is 29.0 Å². The number of rotatable bonds is 3. The van der Waals surface area contributed by atoms with Gasteiger partial charge in [-0.15, -0.1) is 21.5 Å². The van der Waals surface area contributed by atoms with Crippen LogP contribution in [0.4, 0.5) is 5.13 Å². The van der Waals surface area contributed by atoms with E-state index in [0.29, 0.717) is 0 Å². The molecule has 0 N–H and O–H groups in total. The Morgan fingerprint density at radius 3 is 2.93 bits per heavy atom. The number of aromatic nitrogens is 2. The van der Waals surface area contributed by atoms with Crippen molar-refractivity contribution in [1.82, 2.24) is 10.2 Å². The highest BCUT2D eigenvalue weighted by Crippen LogP contribution is 2.24. The van der Waals surface area contributed by atoms with Crippen molar-refractivity contribution >= 4 is 43.7 Å². The number of hydrogen-bond donors (Lipinski definition) is 0. The van der Waals surface area contributed by atoms with Crippen molar-refractivity contribution in [1.29, 1.82) is 0 Å². The molecule has 0 saturated carbocycles. The van der Waals surface area contributed by atoms with Gasteiger partial charge in [0.15, 0.2) is 3.92 Å². The van der Waals surface area contributed by atoms with E-state index in [9.17, 15) is 0 Å². The normalized spacial score (nSPS) is 10.4. The summed E-state index contributed by atoms with van der Waals surface area (Å²) in [5.41, 5.74) is 0. The largest absolute Gasteiger partial charge is 0.345 e. The Morgan fingerprint density at radius 1 is 1.50 bits per heavy atom. The highest BCUT2D eigenvalue weighted by molar-refractivity contribution is 9.11. The van der Waals surface area contributed by atoms with Gasteiger partial charge in [-0.2, -0.15) is 0 Å². The maximum absolute atomic E-state index is 4.05. The quantitative estimate of drug-likeness (QED) is 0.870. The lowest BCUT2D eigenvalue weighted by Crippen LogP contribution is -2.15. The third-order valence-electron chi connectivity index (χ3n) is 1.69. The van der Waals surface area contributed by atoms with Gasteiger partial charge in [-0.1, -0.05) is 17.4 Å². The third kappa shape index (κ3) is 2.31. The van der Waals surface area contributed by atoms with Crippen LogP contribution in [0.5, 0.6) is 0 Å². The summed E-state index contributed by atoms with van der Waals surface area (Å²) in [4.78, 5) is 3.42. The molecule has 0 amide bonds. The van der Waals surface area contributed by atoms with Crippen LogP contribution in [0.15, 0.2) is 21.4 Å². The highest BCUT2D eigenvalue weighted by atomic mass is 79.9. The molecule has 0 aliphatic carbocycles. The SMILES string of the molecule is CN(Cc1cccs1)c1nnc(Br)s1.